The number of aliphatic imine (C=N–C) groups is 1. The molecule has 0 radical (unpaired) electrons. The maximum atomic E-state index is 13.6. The van der Waals surface area contributed by atoms with Crippen molar-refractivity contribution in [1.29, 1.82) is 0 Å². The third kappa shape index (κ3) is 8.21. The number of fused-ring (bicyclic) bond motifs is 1. The molecule has 1 unspecified atom stereocenters. The van der Waals surface area contributed by atoms with E-state index in [1.165, 1.54) is 57.5 Å². The van der Waals surface area contributed by atoms with E-state index in [1.54, 1.807) is 23.9 Å². The first kappa shape index (κ1) is 31.1. The molecule has 2 aliphatic rings. The fourth-order valence-corrected chi connectivity index (χ4v) is 7.24. The highest BCUT2D eigenvalue weighted by molar-refractivity contribution is 8.14. The lowest BCUT2D eigenvalue weighted by molar-refractivity contribution is -0.121. The Kier molecular flexibility index (Phi) is 10.6. The summed E-state index contributed by atoms with van der Waals surface area (Å²) >= 11 is 1.78. The second-order valence-corrected chi connectivity index (χ2v) is 12.9. The van der Waals surface area contributed by atoms with Crippen molar-refractivity contribution in [2.24, 2.45) is 4.99 Å². The zero-order valence-corrected chi connectivity index (χ0v) is 26.5. The summed E-state index contributed by atoms with van der Waals surface area (Å²) in [7, 11) is 0. The Morgan fingerprint density at radius 3 is 2.27 bits per heavy atom. The third-order valence-electron chi connectivity index (χ3n) is 8.61. The molecule has 1 fully saturated rings. The number of carbonyl (C=O) groups excluding carboxylic acids is 1. The monoisotopic (exact) mass is 620 g/mol. The second kappa shape index (κ2) is 15.4. The molecule has 0 spiro atoms. The Morgan fingerprint density at radius 1 is 0.822 bits per heavy atom. The van der Waals surface area contributed by atoms with Crippen LogP contribution in [0, 0.1) is 5.82 Å². The van der Waals surface area contributed by atoms with Crippen LogP contribution in [0.1, 0.15) is 55.7 Å². The number of para-hydroxylation sites is 1. The number of rotatable bonds is 12. The quantitative estimate of drug-likeness (QED) is 0.161. The molecular formula is C38H41FN4OS. The smallest absolute Gasteiger partial charge is 0.222 e. The number of halogens is 1. The van der Waals surface area contributed by atoms with Crippen LogP contribution in [0.3, 0.4) is 0 Å². The maximum absolute atomic E-state index is 13.6. The van der Waals surface area contributed by atoms with Crippen molar-refractivity contribution in [1.82, 2.24) is 10.2 Å². The number of unbranched alkanes of at least 4 members (excludes halogenated alkanes) is 2. The lowest BCUT2D eigenvalue weighted by Gasteiger charge is -2.38. The van der Waals surface area contributed by atoms with Gasteiger partial charge in [0.25, 0.3) is 0 Å². The van der Waals surface area contributed by atoms with E-state index < -0.39 is 0 Å². The van der Waals surface area contributed by atoms with Gasteiger partial charge in [-0.25, -0.2) is 9.38 Å². The number of nitrogens with zero attached hydrogens (tertiary/aromatic N) is 3. The summed E-state index contributed by atoms with van der Waals surface area (Å²) in [6, 6.07) is 32.9. The van der Waals surface area contributed by atoms with E-state index in [0.29, 0.717) is 13.0 Å². The Labute approximate surface area is 270 Å². The van der Waals surface area contributed by atoms with Crippen LogP contribution in [0.25, 0.3) is 11.1 Å². The Balaban J connectivity index is 1.22. The van der Waals surface area contributed by atoms with Crippen LogP contribution in [0.5, 0.6) is 0 Å². The number of amidine groups is 1. The zero-order chi connectivity index (χ0) is 30.8. The van der Waals surface area contributed by atoms with Crippen LogP contribution in [-0.2, 0) is 11.3 Å². The van der Waals surface area contributed by atoms with Gasteiger partial charge in [0.05, 0.1) is 18.2 Å². The van der Waals surface area contributed by atoms with E-state index in [1.807, 2.05) is 42.5 Å². The van der Waals surface area contributed by atoms with E-state index in [2.05, 4.69) is 51.5 Å². The molecular weight excluding hydrogens is 580 g/mol. The first-order chi connectivity index (χ1) is 22.1. The summed E-state index contributed by atoms with van der Waals surface area (Å²) in [6.45, 7) is 4.19. The number of likely N-dealkylation sites (tertiary alicyclic amines) is 1. The molecule has 0 saturated carbocycles. The second-order valence-electron chi connectivity index (χ2n) is 11.8. The van der Waals surface area contributed by atoms with Gasteiger partial charge in [-0.3, -0.25) is 4.79 Å². The van der Waals surface area contributed by atoms with Crippen LogP contribution in [0.4, 0.5) is 15.8 Å². The van der Waals surface area contributed by atoms with Crippen molar-refractivity contribution in [2.45, 2.75) is 51.1 Å². The third-order valence-corrected chi connectivity index (χ3v) is 9.65. The predicted molar refractivity (Wildman–Crippen MR) is 185 cm³/mol. The fraction of sp³-hybridized carbons (Fsp3) is 0.316. The maximum Gasteiger partial charge on any atom is 0.222 e. The lowest BCUT2D eigenvalue weighted by Crippen LogP contribution is -2.39. The minimum atomic E-state index is -0.246. The topological polar surface area (TPSA) is 47.9 Å². The van der Waals surface area contributed by atoms with Crippen molar-refractivity contribution in [2.75, 3.05) is 30.3 Å². The van der Waals surface area contributed by atoms with Crippen molar-refractivity contribution in [3.8, 4) is 11.1 Å². The van der Waals surface area contributed by atoms with Gasteiger partial charge in [0, 0.05) is 23.5 Å². The number of amides is 1. The summed E-state index contributed by atoms with van der Waals surface area (Å²) in [6.07, 6.45) is 6.53. The summed E-state index contributed by atoms with van der Waals surface area (Å²) in [5, 5.41) is 4.06. The summed E-state index contributed by atoms with van der Waals surface area (Å²) in [5.74, 6) is 0.724. The molecule has 2 aliphatic heterocycles. The molecule has 2 heterocycles. The standard InChI is InChI=1S/C38H41FN4OS/c39-32-19-15-30(16-20-32)31-17-21-33(22-18-31)43-36(27-37(44)40-28-29-11-3-1-4-12-29)34-13-5-6-14-35(34)41-38(43)45-26-10-2-7-23-42-24-8-9-25-42/h1,3-6,11-22,36H,2,7-10,23-28H2,(H,40,44). The first-order valence-electron chi connectivity index (χ1n) is 16.1. The number of nitrogens with one attached hydrogen (secondary N) is 1. The Bertz CT molecular complexity index is 1570. The minimum Gasteiger partial charge on any atom is -0.352 e. The fourth-order valence-electron chi connectivity index (χ4n) is 6.18. The molecule has 4 aromatic carbocycles. The van der Waals surface area contributed by atoms with Gasteiger partial charge in [0.2, 0.25) is 5.91 Å². The molecule has 1 N–H and O–H groups in total. The molecule has 7 heteroatoms. The first-order valence-corrected chi connectivity index (χ1v) is 17.1. The molecule has 1 saturated heterocycles. The average Bonchev–Trinajstić information content (AvgIpc) is 3.60. The van der Waals surface area contributed by atoms with Gasteiger partial charge < -0.3 is 15.1 Å². The Morgan fingerprint density at radius 2 is 1.51 bits per heavy atom. The number of hydrogen-bond donors (Lipinski definition) is 1. The number of carbonyl (C=O) groups is 1. The van der Waals surface area contributed by atoms with Crippen molar-refractivity contribution in [3.05, 3.63) is 120 Å². The van der Waals surface area contributed by atoms with Crippen molar-refractivity contribution >= 4 is 34.2 Å². The number of anilines is 1. The molecule has 0 aliphatic carbocycles. The van der Waals surface area contributed by atoms with Crippen molar-refractivity contribution < 1.29 is 9.18 Å². The highest BCUT2D eigenvalue weighted by atomic mass is 32.2. The van der Waals surface area contributed by atoms with Crippen LogP contribution in [0.15, 0.2) is 108 Å². The van der Waals surface area contributed by atoms with E-state index >= 15 is 0 Å². The highest BCUT2D eigenvalue weighted by Gasteiger charge is 2.33. The molecule has 232 valence electrons. The number of benzene rings is 4. The number of thioether (sulfide) groups is 1. The molecule has 1 amide bonds. The van der Waals surface area contributed by atoms with Gasteiger partial charge in [-0.15, -0.1) is 0 Å². The SMILES string of the molecule is O=C(CC1c2ccccc2N=C(SCCCCCN2CCCC2)N1c1ccc(-c2ccc(F)cc2)cc1)NCc1ccccc1. The van der Waals surface area contributed by atoms with E-state index in [9.17, 15) is 9.18 Å². The van der Waals surface area contributed by atoms with E-state index in [-0.39, 0.29) is 17.8 Å². The molecule has 6 rings (SSSR count). The zero-order valence-electron chi connectivity index (χ0n) is 25.7. The normalized spacial score (nSPS) is 16.3. The van der Waals surface area contributed by atoms with Gasteiger partial charge in [0.1, 0.15) is 5.82 Å². The minimum absolute atomic E-state index is 0.000230. The molecule has 0 bridgehead atoms. The average molecular weight is 621 g/mol. The largest absolute Gasteiger partial charge is 0.352 e. The predicted octanol–water partition coefficient (Wildman–Crippen LogP) is 8.75. The van der Waals surface area contributed by atoms with Gasteiger partial charge >= 0.3 is 0 Å². The molecule has 45 heavy (non-hydrogen) atoms. The van der Waals surface area contributed by atoms with Crippen LogP contribution in [-0.4, -0.2) is 41.4 Å². The van der Waals surface area contributed by atoms with E-state index in [0.717, 1.165) is 51.0 Å². The molecule has 0 aromatic heterocycles. The molecule has 1 atom stereocenters. The number of hydrogen-bond acceptors (Lipinski definition) is 5. The summed E-state index contributed by atoms with van der Waals surface area (Å²) in [5.41, 5.74) is 6.00. The van der Waals surface area contributed by atoms with Gasteiger partial charge in [-0.05, 0) is 92.3 Å². The lowest BCUT2D eigenvalue weighted by atomic mass is 9.97. The van der Waals surface area contributed by atoms with E-state index in [4.69, 9.17) is 4.99 Å². The van der Waals surface area contributed by atoms with Crippen molar-refractivity contribution in [3.63, 3.8) is 0 Å². The Hall–Kier alpha value is -3.94. The highest BCUT2D eigenvalue weighted by Crippen LogP contribution is 2.42. The van der Waals surface area contributed by atoms with Crippen LogP contribution >= 0.6 is 11.8 Å². The summed E-state index contributed by atoms with van der Waals surface area (Å²) in [4.78, 5) is 23.4. The van der Waals surface area contributed by atoms with Gasteiger partial charge in [-0.1, -0.05) is 91.0 Å². The van der Waals surface area contributed by atoms with Gasteiger partial charge in [0.15, 0.2) is 5.17 Å². The van der Waals surface area contributed by atoms with Crippen LogP contribution < -0.4 is 10.2 Å². The molecule has 4 aromatic rings. The summed E-state index contributed by atoms with van der Waals surface area (Å²) < 4.78 is 13.6. The van der Waals surface area contributed by atoms with Crippen LogP contribution in [0.2, 0.25) is 0 Å². The molecule has 5 nitrogen and oxygen atoms in total. The van der Waals surface area contributed by atoms with Gasteiger partial charge in [-0.2, -0.15) is 0 Å².